The van der Waals surface area contributed by atoms with Crippen molar-refractivity contribution in [3.63, 3.8) is 0 Å². The third-order valence-corrected chi connectivity index (χ3v) is 7.78. The molecule has 0 amide bonds. The summed E-state index contributed by atoms with van der Waals surface area (Å²) in [5.41, 5.74) is 2.17. The fraction of sp³-hybridized carbons (Fsp3) is 0.519. The Morgan fingerprint density at radius 1 is 1.19 bits per heavy atom. The summed E-state index contributed by atoms with van der Waals surface area (Å²) in [5, 5.41) is 19.2. The third-order valence-electron chi connectivity index (χ3n) is 7.78. The van der Waals surface area contributed by atoms with E-state index < -0.39 is 11.8 Å². The van der Waals surface area contributed by atoms with Crippen molar-refractivity contribution in [2.45, 2.75) is 71.2 Å². The van der Waals surface area contributed by atoms with Crippen LogP contribution in [0.3, 0.4) is 0 Å². The lowest BCUT2D eigenvalue weighted by Gasteiger charge is -2.36. The van der Waals surface area contributed by atoms with Gasteiger partial charge in [0.15, 0.2) is 11.5 Å². The number of morpholine rings is 1. The predicted molar refractivity (Wildman–Crippen MR) is 137 cm³/mol. The average molecular weight is 489 g/mol. The van der Waals surface area contributed by atoms with E-state index in [9.17, 15) is 15.2 Å². The molecule has 2 aromatic rings. The van der Waals surface area contributed by atoms with Gasteiger partial charge in [0.2, 0.25) is 0 Å². The number of nitriles is 1. The molecule has 4 heterocycles. The first-order chi connectivity index (χ1) is 17.2. The van der Waals surface area contributed by atoms with Crippen molar-refractivity contribution in [2.24, 2.45) is 5.92 Å². The number of nitrogens with zero attached hydrogens (tertiary/aromatic N) is 3. The van der Waals surface area contributed by atoms with E-state index in [0.29, 0.717) is 22.6 Å². The molecule has 5 rings (SSSR count). The van der Waals surface area contributed by atoms with Gasteiger partial charge in [-0.15, -0.1) is 0 Å². The molecule has 2 fully saturated rings. The number of rotatable bonds is 4. The first kappa shape index (κ1) is 24.4. The van der Waals surface area contributed by atoms with Crippen LogP contribution in [-0.2, 0) is 4.74 Å². The van der Waals surface area contributed by atoms with Crippen LogP contribution < -0.4 is 14.4 Å². The highest BCUT2D eigenvalue weighted by molar-refractivity contribution is 6.67. The van der Waals surface area contributed by atoms with Crippen LogP contribution in [0.4, 0.5) is 5.82 Å². The van der Waals surface area contributed by atoms with Crippen molar-refractivity contribution < 1.29 is 24.1 Å². The second-order valence-electron chi connectivity index (χ2n) is 10.5. The van der Waals surface area contributed by atoms with Gasteiger partial charge < -0.3 is 24.2 Å². The summed E-state index contributed by atoms with van der Waals surface area (Å²) in [6.07, 6.45) is 5.31. The summed E-state index contributed by atoms with van der Waals surface area (Å²) in [6.45, 7) is 9.41. The summed E-state index contributed by atoms with van der Waals surface area (Å²) >= 11 is 0. The quantitative estimate of drug-likeness (QED) is 0.610. The van der Waals surface area contributed by atoms with E-state index in [-0.39, 0.29) is 30.4 Å². The number of aromatic carboxylic acids is 1. The van der Waals surface area contributed by atoms with E-state index in [1.165, 1.54) is 0 Å². The lowest BCUT2D eigenvalue weighted by Crippen LogP contribution is -2.45. The SMILES string of the molecule is Cc1c(C(=O)O)cc(-c2ccc(N3CC(C)OC(C)C3)nc2)c2c1OC(C)(C1CCB(C#N)CC1)O2. The number of anilines is 1. The van der Waals surface area contributed by atoms with Gasteiger partial charge in [0.25, 0.3) is 12.5 Å². The lowest BCUT2D eigenvalue weighted by atomic mass is 9.41. The number of aromatic nitrogens is 1. The highest BCUT2D eigenvalue weighted by Crippen LogP contribution is 2.52. The van der Waals surface area contributed by atoms with Crippen LogP contribution in [0.25, 0.3) is 11.1 Å². The fourth-order valence-corrected chi connectivity index (χ4v) is 5.83. The normalized spacial score (nSPS) is 26.1. The van der Waals surface area contributed by atoms with Crippen molar-refractivity contribution in [1.82, 2.24) is 4.98 Å². The molecule has 2 saturated heterocycles. The van der Waals surface area contributed by atoms with E-state index in [2.05, 4.69) is 24.7 Å². The van der Waals surface area contributed by atoms with Crippen molar-refractivity contribution in [3.05, 3.63) is 35.5 Å². The van der Waals surface area contributed by atoms with Crippen LogP contribution in [0.5, 0.6) is 11.5 Å². The number of ether oxygens (including phenoxy) is 3. The van der Waals surface area contributed by atoms with Crippen molar-refractivity contribution in [3.8, 4) is 28.6 Å². The van der Waals surface area contributed by atoms with Crippen molar-refractivity contribution in [1.29, 1.82) is 5.26 Å². The highest BCUT2D eigenvalue weighted by Gasteiger charge is 2.48. The third kappa shape index (κ3) is 4.39. The Bertz CT molecular complexity index is 1200. The van der Waals surface area contributed by atoms with Gasteiger partial charge in [-0.2, -0.15) is 0 Å². The van der Waals surface area contributed by atoms with Gasteiger partial charge in [-0.25, -0.2) is 15.0 Å². The molecule has 3 aliphatic heterocycles. The monoisotopic (exact) mass is 489 g/mol. The highest BCUT2D eigenvalue weighted by atomic mass is 16.7. The largest absolute Gasteiger partial charge is 0.478 e. The van der Waals surface area contributed by atoms with E-state index in [1.54, 1.807) is 19.2 Å². The maximum Gasteiger partial charge on any atom is 0.336 e. The maximum atomic E-state index is 12.1. The fourth-order valence-electron chi connectivity index (χ4n) is 5.83. The van der Waals surface area contributed by atoms with E-state index in [1.807, 2.05) is 19.1 Å². The Morgan fingerprint density at radius 3 is 2.44 bits per heavy atom. The number of fused-ring (bicyclic) bond motifs is 1. The summed E-state index contributed by atoms with van der Waals surface area (Å²) in [5.74, 6) is 2.47. The molecular weight excluding hydrogens is 457 g/mol. The zero-order chi connectivity index (χ0) is 25.6. The van der Waals surface area contributed by atoms with Gasteiger partial charge in [0.05, 0.1) is 17.8 Å². The Balaban J connectivity index is 1.48. The van der Waals surface area contributed by atoms with Crippen molar-refractivity contribution >= 4 is 18.5 Å². The first-order valence-corrected chi connectivity index (χ1v) is 12.7. The van der Waals surface area contributed by atoms with Crippen molar-refractivity contribution in [2.75, 3.05) is 18.0 Å². The molecule has 8 nitrogen and oxygen atoms in total. The van der Waals surface area contributed by atoms with Crippen LogP contribution in [0, 0.1) is 24.1 Å². The summed E-state index contributed by atoms with van der Waals surface area (Å²) < 4.78 is 18.8. The molecule has 9 heteroatoms. The molecular formula is C27H32BN3O5. The number of carbonyl (C=O) groups is 1. The number of pyridine rings is 1. The molecule has 0 saturated carbocycles. The molecule has 1 aromatic heterocycles. The van der Waals surface area contributed by atoms with E-state index >= 15 is 0 Å². The van der Waals surface area contributed by atoms with Crippen LogP contribution in [0.1, 0.15) is 49.5 Å². The first-order valence-electron chi connectivity index (χ1n) is 12.7. The molecule has 188 valence electrons. The topological polar surface area (TPSA) is 105 Å². The molecule has 0 aliphatic carbocycles. The van der Waals surface area contributed by atoms with Gasteiger partial charge >= 0.3 is 5.97 Å². The molecule has 0 spiro atoms. The second-order valence-corrected chi connectivity index (χ2v) is 10.5. The van der Waals surface area contributed by atoms with Crippen LogP contribution >= 0.6 is 0 Å². The Morgan fingerprint density at radius 2 is 1.86 bits per heavy atom. The van der Waals surface area contributed by atoms with Gasteiger partial charge in [-0.3, -0.25) is 0 Å². The lowest BCUT2D eigenvalue weighted by molar-refractivity contribution is -0.113. The maximum absolute atomic E-state index is 12.1. The minimum Gasteiger partial charge on any atom is -0.478 e. The molecule has 36 heavy (non-hydrogen) atoms. The molecule has 0 radical (unpaired) electrons. The summed E-state index contributed by atoms with van der Waals surface area (Å²) in [4.78, 5) is 19.0. The van der Waals surface area contributed by atoms with Crippen LogP contribution in [-0.4, -0.2) is 53.9 Å². The van der Waals surface area contributed by atoms with Gasteiger partial charge in [-0.1, -0.05) is 12.6 Å². The number of benzene rings is 1. The number of carboxylic acids is 1. The summed E-state index contributed by atoms with van der Waals surface area (Å²) in [6, 6.07) is 5.58. The minimum absolute atomic E-state index is 0.0755. The predicted octanol–water partition coefficient (Wildman–Crippen LogP) is 4.82. The van der Waals surface area contributed by atoms with E-state index in [4.69, 9.17) is 19.2 Å². The minimum atomic E-state index is -1.01. The summed E-state index contributed by atoms with van der Waals surface area (Å²) in [7, 11) is 0. The molecule has 0 bridgehead atoms. The van der Waals surface area contributed by atoms with Crippen LogP contribution in [0.15, 0.2) is 24.4 Å². The van der Waals surface area contributed by atoms with Crippen LogP contribution in [0.2, 0.25) is 12.6 Å². The number of hydrogen-bond donors (Lipinski definition) is 1. The molecule has 3 aliphatic rings. The zero-order valence-electron chi connectivity index (χ0n) is 21.3. The average Bonchev–Trinajstić information content (AvgIpc) is 3.23. The Hall–Kier alpha value is -3.25. The molecule has 1 N–H and O–H groups in total. The standard InChI is InChI=1S/C27H32BN3O5/c1-16-13-31(14-17(2)34-16)23-6-5-19(12-30-23)22-11-21(26(32)33)18(3)24-25(22)36-27(4,35-24)20-7-9-28(15-29)10-8-20/h5-6,11-12,16-17,20H,7-10,13-14H2,1-4H3,(H,32,33). The van der Waals surface area contributed by atoms with Gasteiger partial charge in [0.1, 0.15) is 5.82 Å². The number of carboxylic acid groups (broad SMARTS) is 1. The Labute approximate surface area is 212 Å². The van der Waals surface area contributed by atoms with E-state index in [0.717, 1.165) is 50.0 Å². The Kier molecular flexibility index (Phi) is 6.33. The smallest absolute Gasteiger partial charge is 0.336 e. The van der Waals surface area contributed by atoms with Gasteiger partial charge in [0, 0.05) is 54.8 Å². The van der Waals surface area contributed by atoms with Gasteiger partial charge in [-0.05, 0) is 51.8 Å². The second kappa shape index (κ2) is 9.32. The molecule has 3 atom stereocenters. The molecule has 3 unspecified atom stereocenters. The molecule has 1 aromatic carbocycles. The zero-order valence-corrected chi connectivity index (χ0v) is 21.3. The number of hydrogen-bond acceptors (Lipinski definition) is 7.